The number of pyridine rings is 1. The van der Waals surface area contributed by atoms with E-state index in [9.17, 15) is 9.59 Å². The molecule has 5 heteroatoms. The van der Waals surface area contributed by atoms with Gasteiger partial charge in [0.05, 0.1) is 0 Å². The van der Waals surface area contributed by atoms with Crippen molar-refractivity contribution in [1.82, 2.24) is 4.98 Å². The molecule has 5 nitrogen and oxygen atoms in total. The predicted molar refractivity (Wildman–Crippen MR) is 103 cm³/mol. The van der Waals surface area contributed by atoms with Crippen LogP contribution in [0.4, 0.5) is 11.4 Å². The van der Waals surface area contributed by atoms with Crippen molar-refractivity contribution in [2.45, 2.75) is 13.8 Å². The summed E-state index contributed by atoms with van der Waals surface area (Å²) in [4.78, 5) is 28.8. The molecule has 0 aliphatic heterocycles. The zero-order chi connectivity index (χ0) is 18.5. The third-order valence-corrected chi connectivity index (χ3v) is 4.14. The second-order valence-corrected chi connectivity index (χ2v) is 5.94. The first-order valence-electron chi connectivity index (χ1n) is 8.24. The lowest BCUT2D eigenvalue weighted by atomic mass is 10.1. The molecule has 26 heavy (non-hydrogen) atoms. The van der Waals surface area contributed by atoms with Gasteiger partial charge in [-0.25, -0.2) is 0 Å². The van der Waals surface area contributed by atoms with E-state index in [1.807, 2.05) is 44.2 Å². The van der Waals surface area contributed by atoms with Crippen molar-refractivity contribution in [3.8, 4) is 0 Å². The smallest absolute Gasteiger partial charge is 0.255 e. The minimum absolute atomic E-state index is 0.191. The van der Waals surface area contributed by atoms with Crippen LogP contribution in [0.5, 0.6) is 0 Å². The molecule has 0 saturated heterocycles. The van der Waals surface area contributed by atoms with Crippen LogP contribution in [0.1, 0.15) is 31.8 Å². The first kappa shape index (κ1) is 17.4. The van der Waals surface area contributed by atoms with Crippen LogP contribution in [0.3, 0.4) is 0 Å². The van der Waals surface area contributed by atoms with E-state index in [2.05, 4.69) is 15.6 Å². The lowest BCUT2D eigenvalue weighted by Gasteiger charge is -2.16. The molecule has 1 aromatic heterocycles. The monoisotopic (exact) mass is 345 g/mol. The second-order valence-electron chi connectivity index (χ2n) is 5.94. The van der Waals surface area contributed by atoms with E-state index in [0.29, 0.717) is 22.5 Å². The molecular weight excluding hydrogens is 326 g/mol. The van der Waals surface area contributed by atoms with Crippen molar-refractivity contribution in [3.05, 3.63) is 89.2 Å². The van der Waals surface area contributed by atoms with Crippen LogP contribution < -0.4 is 10.6 Å². The molecule has 3 rings (SSSR count). The average molecular weight is 345 g/mol. The highest BCUT2D eigenvalue weighted by molar-refractivity contribution is 6.07. The summed E-state index contributed by atoms with van der Waals surface area (Å²) >= 11 is 0. The van der Waals surface area contributed by atoms with Gasteiger partial charge in [0.15, 0.2) is 0 Å². The fourth-order valence-electron chi connectivity index (χ4n) is 2.65. The van der Waals surface area contributed by atoms with Crippen molar-refractivity contribution in [3.63, 3.8) is 0 Å². The SMILES string of the molecule is Cc1ccc(NC(=O)c2ccccc2)c(C)c1NC(=O)c1ccncc1. The number of nitrogens with zero attached hydrogens (tertiary/aromatic N) is 1. The fraction of sp³-hybridized carbons (Fsp3) is 0.0952. The summed E-state index contributed by atoms with van der Waals surface area (Å²) in [5.41, 5.74) is 4.18. The molecule has 130 valence electrons. The first-order valence-corrected chi connectivity index (χ1v) is 8.24. The number of rotatable bonds is 4. The molecule has 2 amide bonds. The highest BCUT2D eigenvalue weighted by Gasteiger charge is 2.14. The quantitative estimate of drug-likeness (QED) is 0.744. The van der Waals surface area contributed by atoms with E-state index in [0.717, 1.165) is 11.1 Å². The summed E-state index contributed by atoms with van der Waals surface area (Å²) in [6, 6.07) is 16.0. The van der Waals surface area contributed by atoms with Crippen molar-refractivity contribution < 1.29 is 9.59 Å². The lowest BCUT2D eigenvalue weighted by molar-refractivity contribution is 0.101. The topological polar surface area (TPSA) is 71.1 Å². The van der Waals surface area contributed by atoms with Crippen LogP contribution in [0.2, 0.25) is 0 Å². The van der Waals surface area contributed by atoms with Gasteiger partial charge in [-0.15, -0.1) is 0 Å². The molecule has 0 bridgehead atoms. The average Bonchev–Trinajstić information content (AvgIpc) is 2.68. The van der Waals surface area contributed by atoms with Crippen molar-refractivity contribution in [2.75, 3.05) is 10.6 Å². The van der Waals surface area contributed by atoms with E-state index in [1.165, 1.54) is 0 Å². The molecule has 0 aliphatic rings. The van der Waals surface area contributed by atoms with E-state index >= 15 is 0 Å². The molecule has 1 heterocycles. The van der Waals surface area contributed by atoms with E-state index in [-0.39, 0.29) is 11.8 Å². The van der Waals surface area contributed by atoms with E-state index in [1.54, 1.807) is 36.7 Å². The Morgan fingerprint density at radius 1 is 0.769 bits per heavy atom. The van der Waals surface area contributed by atoms with Gasteiger partial charge in [-0.3, -0.25) is 14.6 Å². The summed E-state index contributed by atoms with van der Waals surface area (Å²) < 4.78 is 0. The van der Waals surface area contributed by atoms with Crippen LogP contribution in [-0.2, 0) is 0 Å². The van der Waals surface area contributed by atoms with Gasteiger partial charge in [0.2, 0.25) is 0 Å². The molecule has 0 fully saturated rings. The standard InChI is InChI=1S/C21H19N3O2/c1-14-8-9-18(23-20(25)16-6-4-3-5-7-16)15(2)19(14)24-21(26)17-10-12-22-13-11-17/h3-13H,1-2H3,(H,23,25)(H,24,26). The predicted octanol–water partition coefficient (Wildman–Crippen LogP) is 4.20. The summed E-state index contributed by atoms with van der Waals surface area (Å²) in [5.74, 6) is -0.408. The number of nitrogens with one attached hydrogen (secondary N) is 2. The van der Waals surface area contributed by atoms with Gasteiger partial charge < -0.3 is 10.6 Å². The Morgan fingerprint density at radius 3 is 2.08 bits per heavy atom. The van der Waals surface area contributed by atoms with Gasteiger partial charge in [-0.2, -0.15) is 0 Å². The Balaban J connectivity index is 1.85. The maximum absolute atomic E-state index is 12.4. The van der Waals surface area contributed by atoms with Crippen LogP contribution in [0, 0.1) is 13.8 Å². The van der Waals surface area contributed by atoms with Gasteiger partial charge in [0, 0.05) is 34.9 Å². The molecule has 0 saturated carbocycles. The fourth-order valence-corrected chi connectivity index (χ4v) is 2.65. The van der Waals surface area contributed by atoms with Gasteiger partial charge in [0.25, 0.3) is 11.8 Å². The van der Waals surface area contributed by atoms with E-state index < -0.39 is 0 Å². The van der Waals surface area contributed by atoms with Gasteiger partial charge in [-0.05, 0) is 55.3 Å². The zero-order valence-electron chi connectivity index (χ0n) is 14.6. The summed E-state index contributed by atoms with van der Waals surface area (Å²) in [7, 11) is 0. The summed E-state index contributed by atoms with van der Waals surface area (Å²) in [6.07, 6.45) is 3.15. The van der Waals surface area contributed by atoms with Crippen LogP contribution in [-0.4, -0.2) is 16.8 Å². The number of aromatic nitrogens is 1. The maximum Gasteiger partial charge on any atom is 0.255 e. The molecular formula is C21H19N3O2. The van der Waals surface area contributed by atoms with Crippen molar-refractivity contribution in [1.29, 1.82) is 0 Å². The van der Waals surface area contributed by atoms with E-state index in [4.69, 9.17) is 0 Å². The highest BCUT2D eigenvalue weighted by atomic mass is 16.2. The normalized spacial score (nSPS) is 10.2. The highest BCUT2D eigenvalue weighted by Crippen LogP contribution is 2.28. The molecule has 2 aromatic carbocycles. The number of anilines is 2. The molecule has 0 atom stereocenters. The molecule has 2 N–H and O–H groups in total. The number of hydrogen-bond donors (Lipinski definition) is 2. The second kappa shape index (κ2) is 7.61. The largest absolute Gasteiger partial charge is 0.322 e. The number of benzene rings is 2. The maximum atomic E-state index is 12.4. The van der Waals surface area contributed by atoms with Gasteiger partial charge >= 0.3 is 0 Å². The van der Waals surface area contributed by atoms with Crippen molar-refractivity contribution >= 4 is 23.2 Å². The van der Waals surface area contributed by atoms with Crippen LogP contribution in [0.15, 0.2) is 67.0 Å². The molecule has 0 radical (unpaired) electrons. The molecule has 3 aromatic rings. The summed E-state index contributed by atoms with van der Waals surface area (Å²) in [5, 5.41) is 5.84. The van der Waals surface area contributed by atoms with Gasteiger partial charge in [-0.1, -0.05) is 24.3 Å². The van der Waals surface area contributed by atoms with Gasteiger partial charge in [0.1, 0.15) is 0 Å². The Morgan fingerprint density at radius 2 is 1.38 bits per heavy atom. The molecule has 0 spiro atoms. The number of carbonyl (C=O) groups is 2. The Labute approximate surface area is 152 Å². The number of hydrogen-bond acceptors (Lipinski definition) is 3. The minimum Gasteiger partial charge on any atom is -0.322 e. The number of amides is 2. The number of aryl methyl sites for hydroxylation is 1. The summed E-state index contributed by atoms with van der Waals surface area (Å²) in [6.45, 7) is 3.79. The Hall–Kier alpha value is -3.47. The Kier molecular flexibility index (Phi) is 5.08. The molecule has 0 aliphatic carbocycles. The third kappa shape index (κ3) is 3.78. The van der Waals surface area contributed by atoms with Crippen molar-refractivity contribution in [2.24, 2.45) is 0 Å². The lowest BCUT2D eigenvalue weighted by Crippen LogP contribution is -2.16. The third-order valence-electron chi connectivity index (χ3n) is 4.14. The molecule has 0 unspecified atom stereocenters. The first-order chi connectivity index (χ1) is 12.6. The Bertz CT molecular complexity index is 938. The van der Waals surface area contributed by atoms with Crippen LogP contribution in [0.25, 0.3) is 0 Å². The van der Waals surface area contributed by atoms with Crippen LogP contribution >= 0.6 is 0 Å². The zero-order valence-corrected chi connectivity index (χ0v) is 14.6. The minimum atomic E-state index is -0.217. The number of carbonyl (C=O) groups excluding carboxylic acids is 2.